The molecule has 3 nitrogen and oxygen atoms in total. The number of nitrogens with one attached hydrogen (secondary N) is 1. The Morgan fingerprint density at radius 3 is 3.20 bits per heavy atom. The molecule has 2 heterocycles. The van der Waals surface area contributed by atoms with Crippen molar-refractivity contribution in [1.29, 1.82) is 0 Å². The highest BCUT2D eigenvalue weighted by Gasteiger charge is 2.43. The first-order chi connectivity index (χ1) is 7.12. The van der Waals surface area contributed by atoms with Crippen molar-refractivity contribution in [3.8, 4) is 0 Å². The fraction of sp³-hybridized carbons (Fsp3) is 0.545. The lowest BCUT2D eigenvalue weighted by Crippen LogP contribution is -2.34. The van der Waals surface area contributed by atoms with E-state index in [1.165, 1.54) is 5.56 Å². The lowest BCUT2D eigenvalue weighted by atomic mass is 9.75. The number of thiophene rings is 1. The number of hydrogen-bond acceptors (Lipinski definition) is 3. The Morgan fingerprint density at radius 1 is 1.80 bits per heavy atom. The van der Waals surface area contributed by atoms with Gasteiger partial charge in [0.15, 0.2) is 0 Å². The molecule has 1 saturated heterocycles. The van der Waals surface area contributed by atoms with E-state index in [-0.39, 0.29) is 11.3 Å². The molecule has 2 N–H and O–H groups in total. The monoisotopic (exact) mass is 225 g/mol. The highest BCUT2D eigenvalue weighted by atomic mass is 32.1. The summed E-state index contributed by atoms with van der Waals surface area (Å²) in [6.45, 7) is 3.44. The van der Waals surface area contributed by atoms with E-state index in [4.69, 9.17) is 5.11 Å². The van der Waals surface area contributed by atoms with E-state index >= 15 is 0 Å². The first-order valence-corrected chi connectivity index (χ1v) is 6.01. The first kappa shape index (κ1) is 10.6. The zero-order valence-corrected chi connectivity index (χ0v) is 9.51. The minimum atomic E-state index is -0.683. The average Bonchev–Trinajstić information content (AvgIpc) is 2.75. The molecule has 0 spiro atoms. The van der Waals surface area contributed by atoms with Gasteiger partial charge in [-0.25, -0.2) is 0 Å². The molecule has 1 aliphatic rings. The summed E-state index contributed by atoms with van der Waals surface area (Å²) >= 11 is 1.66. The van der Waals surface area contributed by atoms with Gasteiger partial charge in [-0.2, -0.15) is 11.3 Å². The number of rotatable bonds is 3. The Balaban J connectivity index is 2.14. The normalized spacial score (nSPS) is 30.6. The van der Waals surface area contributed by atoms with Gasteiger partial charge < -0.3 is 10.4 Å². The fourth-order valence-electron chi connectivity index (χ4n) is 2.30. The van der Waals surface area contributed by atoms with Crippen LogP contribution in [-0.2, 0) is 11.2 Å². The van der Waals surface area contributed by atoms with Crippen molar-refractivity contribution in [3.05, 3.63) is 22.4 Å². The highest BCUT2D eigenvalue weighted by Crippen LogP contribution is 2.35. The second kappa shape index (κ2) is 3.94. The van der Waals surface area contributed by atoms with Crippen molar-refractivity contribution >= 4 is 17.3 Å². The number of hydrogen-bond donors (Lipinski definition) is 2. The summed E-state index contributed by atoms with van der Waals surface area (Å²) in [5.41, 5.74) is 1.10. The number of carboxylic acid groups (broad SMARTS) is 1. The molecule has 0 aromatic carbocycles. The molecule has 0 aliphatic carbocycles. The molecule has 1 fully saturated rings. The smallest absolute Gasteiger partial charge is 0.308 e. The summed E-state index contributed by atoms with van der Waals surface area (Å²) in [6, 6.07) is 2.08. The van der Waals surface area contributed by atoms with E-state index in [2.05, 4.69) is 23.7 Å². The molecule has 1 aliphatic heterocycles. The maximum Gasteiger partial charge on any atom is 0.308 e. The molecule has 0 radical (unpaired) electrons. The lowest BCUT2D eigenvalue weighted by Gasteiger charge is -2.27. The van der Waals surface area contributed by atoms with Crippen LogP contribution in [0.4, 0.5) is 0 Å². The number of carbonyl (C=O) groups is 1. The molecule has 2 rings (SSSR count). The van der Waals surface area contributed by atoms with Crippen LogP contribution in [0, 0.1) is 11.3 Å². The molecule has 1 aromatic heterocycles. The number of aliphatic carboxylic acids is 1. The van der Waals surface area contributed by atoms with Gasteiger partial charge in [-0.1, -0.05) is 6.92 Å². The quantitative estimate of drug-likeness (QED) is 0.821. The van der Waals surface area contributed by atoms with E-state index in [9.17, 15) is 4.79 Å². The summed E-state index contributed by atoms with van der Waals surface area (Å²) < 4.78 is 0. The lowest BCUT2D eigenvalue weighted by molar-refractivity contribution is -0.144. The van der Waals surface area contributed by atoms with Crippen molar-refractivity contribution in [1.82, 2.24) is 5.32 Å². The van der Waals surface area contributed by atoms with Gasteiger partial charge >= 0.3 is 5.97 Å². The SMILES string of the molecule is CC1(Cc2ccsc2)CNCC1C(=O)O. The Morgan fingerprint density at radius 2 is 2.60 bits per heavy atom. The molecule has 2 atom stereocenters. The van der Waals surface area contributed by atoms with Crippen LogP contribution in [0.3, 0.4) is 0 Å². The Hall–Kier alpha value is -0.870. The molecule has 1 aromatic rings. The van der Waals surface area contributed by atoms with Crippen molar-refractivity contribution in [3.63, 3.8) is 0 Å². The molecule has 4 heteroatoms. The zero-order chi connectivity index (χ0) is 10.9. The molecule has 15 heavy (non-hydrogen) atoms. The molecular formula is C11H15NO2S. The fourth-order valence-corrected chi connectivity index (χ4v) is 2.97. The predicted octanol–water partition coefficient (Wildman–Crippen LogP) is 1.60. The summed E-state index contributed by atoms with van der Waals surface area (Å²) in [5, 5.41) is 16.5. The van der Waals surface area contributed by atoms with Gasteiger partial charge in [0.05, 0.1) is 5.92 Å². The maximum atomic E-state index is 11.1. The summed E-state index contributed by atoms with van der Waals surface area (Å²) in [5.74, 6) is -0.949. The molecule has 2 unspecified atom stereocenters. The minimum Gasteiger partial charge on any atom is -0.481 e. The van der Waals surface area contributed by atoms with Crippen LogP contribution >= 0.6 is 11.3 Å². The average molecular weight is 225 g/mol. The van der Waals surface area contributed by atoms with E-state index < -0.39 is 5.97 Å². The Bertz CT molecular complexity index is 349. The zero-order valence-electron chi connectivity index (χ0n) is 8.69. The summed E-state index contributed by atoms with van der Waals surface area (Å²) in [4.78, 5) is 11.1. The van der Waals surface area contributed by atoms with E-state index in [1.807, 2.05) is 5.38 Å². The van der Waals surface area contributed by atoms with Gasteiger partial charge in [0.25, 0.3) is 0 Å². The second-order valence-electron chi connectivity index (χ2n) is 4.48. The van der Waals surface area contributed by atoms with Crippen LogP contribution in [0.2, 0.25) is 0 Å². The molecule has 82 valence electrons. The van der Waals surface area contributed by atoms with Crippen molar-refractivity contribution in [2.45, 2.75) is 13.3 Å². The van der Waals surface area contributed by atoms with Crippen molar-refractivity contribution in [2.24, 2.45) is 11.3 Å². The van der Waals surface area contributed by atoms with Crippen molar-refractivity contribution in [2.75, 3.05) is 13.1 Å². The van der Waals surface area contributed by atoms with Crippen molar-refractivity contribution < 1.29 is 9.90 Å². The number of carboxylic acids is 1. The topological polar surface area (TPSA) is 49.3 Å². The van der Waals surface area contributed by atoms with Gasteiger partial charge in [0.1, 0.15) is 0 Å². The first-order valence-electron chi connectivity index (χ1n) is 5.06. The van der Waals surface area contributed by atoms with Crippen LogP contribution in [0.1, 0.15) is 12.5 Å². The molecule has 0 amide bonds. The van der Waals surface area contributed by atoms with Crippen LogP contribution in [0.15, 0.2) is 16.8 Å². The third-order valence-electron chi connectivity index (χ3n) is 3.20. The maximum absolute atomic E-state index is 11.1. The largest absolute Gasteiger partial charge is 0.481 e. The van der Waals surface area contributed by atoms with Gasteiger partial charge in [-0.3, -0.25) is 4.79 Å². The van der Waals surface area contributed by atoms with Gasteiger partial charge in [-0.15, -0.1) is 0 Å². The van der Waals surface area contributed by atoms with Crippen LogP contribution < -0.4 is 5.32 Å². The molecule has 0 saturated carbocycles. The van der Waals surface area contributed by atoms with Gasteiger partial charge in [-0.05, 0) is 34.2 Å². The second-order valence-corrected chi connectivity index (χ2v) is 5.26. The summed E-state index contributed by atoms with van der Waals surface area (Å²) in [7, 11) is 0. The standard InChI is InChI=1S/C11H15NO2S/c1-11(4-8-2-3-15-6-8)7-12-5-9(11)10(13)14/h2-3,6,9,12H,4-5,7H2,1H3,(H,13,14). The Kier molecular flexibility index (Phi) is 2.80. The van der Waals surface area contributed by atoms with E-state index in [0.29, 0.717) is 6.54 Å². The van der Waals surface area contributed by atoms with Crippen LogP contribution in [-0.4, -0.2) is 24.2 Å². The highest BCUT2D eigenvalue weighted by molar-refractivity contribution is 7.07. The summed E-state index contributed by atoms with van der Waals surface area (Å²) in [6.07, 6.45) is 0.848. The minimum absolute atomic E-state index is 0.146. The Labute approximate surface area is 93.1 Å². The molecule has 0 bridgehead atoms. The van der Waals surface area contributed by atoms with Crippen LogP contribution in [0.5, 0.6) is 0 Å². The van der Waals surface area contributed by atoms with Crippen LogP contribution in [0.25, 0.3) is 0 Å². The third-order valence-corrected chi connectivity index (χ3v) is 3.94. The van der Waals surface area contributed by atoms with Gasteiger partial charge in [0, 0.05) is 13.1 Å². The van der Waals surface area contributed by atoms with E-state index in [1.54, 1.807) is 11.3 Å². The third kappa shape index (κ3) is 2.06. The predicted molar refractivity (Wildman–Crippen MR) is 60.1 cm³/mol. The van der Waals surface area contributed by atoms with Gasteiger partial charge in [0.2, 0.25) is 0 Å². The van der Waals surface area contributed by atoms with E-state index in [0.717, 1.165) is 13.0 Å². The molecular weight excluding hydrogens is 210 g/mol.